The molecule has 4 rings (SSSR count). The van der Waals surface area contributed by atoms with Gasteiger partial charge in [0.15, 0.2) is 23.7 Å². The highest BCUT2D eigenvalue weighted by Crippen LogP contribution is 2.46. The largest absolute Gasteiger partial charge is 0.343 e. The van der Waals surface area contributed by atoms with E-state index in [2.05, 4.69) is 25.9 Å². The second-order valence-electron chi connectivity index (χ2n) is 7.58. The number of hydrogen-bond acceptors (Lipinski definition) is 9. The van der Waals surface area contributed by atoms with Crippen molar-refractivity contribution in [1.29, 1.82) is 0 Å². The van der Waals surface area contributed by atoms with Gasteiger partial charge < -0.3 is 29.0 Å². The monoisotopic (exact) mass is 369 g/mol. The van der Waals surface area contributed by atoms with Crippen molar-refractivity contribution in [2.75, 3.05) is 0 Å². The zero-order valence-electron chi connectivity index (χ0n) is 15.3. The van der Waals surface area contributed by atoms with Crippen molar-refractivity contribution in [2.45, 2.75) is 82.9 Å². The molecule has 26 heavy (non-hydrogen) atoms. The van der Waals surface area contributed by atoms with Gasteiger partial charge in [-0.2, -0.15) is 5.21 Å². The maximum absolute atomic E-state index is 11.8. The third-order valence-corrected chi connectivity index (χ3v) is 4.52. The van der Waals surface area contributed by atoms with Gasteiger partial charge in [0.25, 0.3) is 0 Å². The average molecular weight is 369 g/mol. The number of ether oxygens (including phenoxy) is 5. The summed E-state index contributed by atoms with van der Waals surface area (Å²) in [6.07, 6.45) is -2.71. The number of nitrogens with one attached hydrogen (secondary N) is 2. The van der Waals surface area contributed by atoms with Crippen molar-refractivity contribution >= 4 is 5.91 Å². The second kappa shape index (κ2) is 5.92. The quantitative estimate of drug-likeness (QED) is 0.742. The van der Waals surface area contributed by atoms with Crippen molar-refractivity contribution in [1.82, 2.24) is 25.9 Å². The first-order valence-corrected chi connectivity index (χ1v) is 8.52. The maximum Gasteiger partial charge on any atom is 0.217 e. The predicted octanol–water partition coefficient (Wildman–Crippen LogP) is -0.227. The zero-order chi connectivity index (χ0) is 18.7. The van der Waals surface area contributed by atoms with Gasteiger partial charge in [0, 0.05) is 6.92 Å². The molecule has 1 aromatic heterocycles. The molecule has 0 saturated carbocycles. The number of tetrazole rings is 1. The van der Waals surface area contributed by atoms with E-state index < -0.39 is 48.3 Å². The van der Waals surface area contributed by atoms with E-state index in [0.29, 0.717) is 0 Å². The summed E-state index contributed by atoms with van der Waals surface area (Å²) in [5.74, 6) is -1.63. The Balaban J connectivity index is 1.69. The Morgan fingerprint density at radius 2 is 1.73 bits per heavy atom. The summed E-state index contributed by atoms with van der Waals surface area (Å²) < 4.78 is 30.2. The van der Waals surface area contributed by atoms with Crippen LogP contribution in [0.15, 0.2) is 0 Å². The van der Waals surface area contributed by atoms with Gasteiger partial charge in [-0.15, -0.1) is 10.2 Å². The molecule has 3 aliphatic rings. The number of carbonyl (C=O) groups excluding carboxylic acids is 1. The van der Waals surface area contributed by atoms with E-state index in [1.54, 1.807) is 0 Å². The molecule has 2 N–H and O–H groups in total. The van der Waals surface area contributed by atoms with Gasteiger partial charge in [-0.25, -0.2) is 0 Å². The van der Waals surface area contributed by atoms with Crippen LogP contribution in [0.3, 0.4) is 0 Å². The second-order valence-corrected chi connectivity index (χ2v) is 7.58. The van der Waals surface area contributed by atoms with Crippen molar-refractivity contribution in [2.24, 2.45) is 0 Å². The number of nitrogens with zero attached hydrogens (tertiary/aromatic N) is 3. The van der Waals surface area contributed by atoms with Crippen molar-refractivity contribution < 1.29 is 28.5 Å². The minimum atomic E-state index is -0.833. The Morgan fingerprint density at radius 3 is 2.38 bits per heavy atom. The van der Waals surface area contributed by atoms with Crippen molar-refractivity contribution in [3.05, 3.63) is 5.82 Å². The summed E-state index contributed by atoms with van der Waals surface area (Å²) in [5, 5.41) is 16.8. The molecule has 144 valence electrons. The summed E-state index contributed by atoms with van der Waals surface area (Å²) in [6.45, 7) is 8.67. The smallest absolute Gasteiger partial charge is 0.217 e. The number of H-pyrrole nitrogens is 1. The Kier molecular flexibility index (Phi) is 4.04. The van der Waals surface area contributed by atoms with E-state index in [9.17, 15) is 4.79 Å². The lowest BCUT2D eigenvalue weighted by molar-refractivity contribution is -0.240. The Morgan fingerprint density at radius 1 is 1.08 bits per heavy atom. The van der Waals surface area contributed by atoms with Crippen LogP contribution in [0.2, 0.25) is 0 Å². The highest BCUT2D eigenvalue weighted by atomic mass is 16.9. The summed E-state index contributed by atoms with van der Waals surface area (Å²) >= 11 is 0. The molecule has 0 bridgehead atoms. The molecule has 0 spiro atoms. The van der Waals surface area contributed by atoms with Crippen LogP contribution in [-0.2, 0) is 28.5 Å². The van der Waals surface area contributed by atoms with Crippen LogP contribution in [0, 0.1) is 0 Å². The molecule has 0 unspecified atom stereocenters. The molecular weight excluding hydrogens is 346 g/mol. The lowest BCUT2D eigenvalue weighted by Gasteiger charge is -2.40. The third-order valence-electron chi connectivity index (χ3n) is 4.52. The van der Waals surface area contributed by atoms with E-state index in [1.165, 1.54) is 6.92 Å². The number of carbonyl (C=O) groups is 1. The lowest BCUT2D eigenvalue weighted by atomic mass is 9.93. The topological polar surface area (TPSA) is 130 Å². The normalized spacial score (nSPS) is 38.4. The van der Waals surface area contributed by atoms with E-state index in [4.69, 9.17) is 23.7 Å². The average Bonchev–Trinajstić information content (AvgIpc) is 3.19. The SMILES string of the molecule is CC(=O)N[C@H](c1nn[nH]n1)[C@H]1O[C@@H]2OC(C)(C)O[C@@H]2[C@H]2OC(C)(C)O[C@H]21. The van der Waals surface area contributed by atoms with E-state index >= 15 is 0 Å². The predicted molar refractivity (Wildman–Crippen MR) is 83.3 cm³/mol. The Labute approximate surface area is 150 Å². The van der Waals surface area contributed by atoms with Gasteiger partial charge in [-0.1, -0.05) is 5.21 Å². The van der Waals surface area contributed by atoms with Crippen LogP contribution < -0.4 is 5.32 Å². The number of fused-ring (bicyclic) bond motifs is 3. The van der Waals surface area contributed by atoms with Gasteiger partial charge in [0.2, 0.25) is 5.91 Å². The van der Waals surface area contributed by atoms with Crippen LogP contribution in [0.5, 0.6) is 0 Å². The summed E-state index contributed by atoms with van der Waals surface area (Å²) in [4.78, 5) is 11.8. The fourth-order valence-corrected chi connectivity index (χ4v) is 3.72. The molecule has 1 aromatic rings. The van der Waals surface area contributed by atoms with Gasteiger partial charge >= 0.3 is 0 Å². The fraction of sp³-hybridized carbons (Fsp3) is 0.867. The molecule has 0 aliphatic carbocycles. The number of hydrogen-bond donors (Lipinski definition) is 2. The van der Waals surface area contributed by atoms with Gasteiger partial charge in [0.05, 0.1) is 0 Å². The van der Waals surface area contributed by atoms with Gasteiger partial charge in [0.1, 0.15) is 30.5 Å². The number of aromatic nitrogens is 4. The molecule has 3 fully saturated rings. The molecule has 0 radical (unpaired) electrons. The molecule has 11 nitrogen and oxygen atoms in total. The van der Waals surface area contributed by atoms with Crippen LogP contribution in [0.4, 0.5) is 0 Å². The molecule has 1 amide bonds. The minimum absolute atomic E-state index is 0.260. The maximum atomic E-state index is 11.8. The Hall–Kier alpha value is -1.66. The highest BCUT2D eigenvalue weighted by molar-refractivity contribution is 5.73. The Bertz CT molecular complexity index is 680. The molecule has 0 aromatic carbocycles. The molecule has 3 saturated heterocycles. The minimum Gasteiger partial charge on any atom is -0.343 e. The number of aromatic amines is 1. The molecule has 6 atom stereocenters. The van der Waals surface area contributed by atoms with E-state index in [-0.39, 0.29) is 11.7 Å². The van der Waals surface area contributed by atoms with E-state index in [1.807, 2.05) is 27.7 Å². The van der Waals surface area contributed by atoms with Crippen LogP contribution in [0.1, 0.15) is 46.5 Å². The first kappa shape index (κ1) is 17.7. The van der Waals surface area contributed by atoms with Crippen molar-refractivity contribution in [3.63, 3.8) is 0 Å². The van der Waals surface area contributed by atoms with Gasteiger partial charge in [-0.05, 0) is 27.7 Å². The summed E-state index contributed by atoms with van der Waals surface area (Å²) in [6, 6.07) is -0.690. The molecule has 11 heteroatoms. The highest BCUT2D eigenvalue weighted by Gasteiger charge is 2.62. The first-order chi connectivity index (χ1) is 12.2. The van der Waals surface area contributed by atoms with Crippen LogP contribution in [-0.4, -0.2) is 68.8 Å². The lowest BCUT2D eigenvalue weighted by Crippen LogP contribution is -2.58. The zero-order valence-corrected chi connectivity index (χ0v) is 15.3. The number of rotatable bonds is 3. The fourth-order valence-electron chi connectivity index (χ4n) is 3.72. The summed E-state index contributed by atoms with van der Waals surface area (Å²) in [7, 11) is 0. The molecular formula is C15H23N5O6. The third kappa shape index (κ3) is 3.09. The molecule has 4 heterocycles. The van der Waals surface area contributed by atoms with Crippen LogP contribution >= 0.6 is 0 Å². The van der Waals surface area contributed by atoms with Gasteiger partial charge in [-0.3, -0.25) is 4.79 Å². The molecule has 3 aliphatic heterocycles. The standard InChI is InChI=1S/C15H23N5O6/c1-6(21)16-7(12-17-19-20-18-12)8-9-10(24-14(2,3)23-9)11-13(22-8)26-15(4,5)25-11/h7-11,13H,1-5H3,(H,16,21)(H,17,18,19,20)/t7-,8+,9-,10-,11+,13+/m0/s1. The summed E-state index contributed by atoms with van der Waals surface area (Å²) in [5.41, 5.74) is 0. The number of amides is 1. The van der Waals surface area contributed by atoms with E-state index in [0.717, 1.165) is 0 Å². The first-order valence-electron chi connectivity index (χ1n) is 8.52. The van der Waals surface area contributed by atoms with Crippen molar-refractivity contribution in [3.8, 4) is 0 Å². The van der Waals surface area contributed by atoms with Crippen LogP contribution in [0.25, 0.3) is 0 Å².